The highest BCUT2D eigenvalue weighted by molar-refractivity contribution is 7.98. The molecule has 2 rings (SSSR count). The maximum Gasteiger partial charge on any atom is 0.303 e. The van der Waals surface area contributed by atoms with Crippen LogP contribution in [0.2, 0.25) is 0 Å². The van der Waals surface area contributed by atoms with Crippen LogP contribution in [0.15, 0.2) is 0 Å². The Morgan fingerprint density at radius 3 is 2.95 bits per heavy atom. The first-order valence-corrected chi connectivity index (χ1v) is 7.85. The predicted molar refractivity (Wildman–Crippen MR) is 72.8 cm³/mol. The molecular formula is C12H20N4O2S. The number of hydrogen-bond acceptors (Lipinski definition) is 5. The second kappa shape index (κ2) is 6.36. The van der Waals surface area contributed by atoms with E-state index in [0.29, 0.717) is 6.42 Å². The fraction of sp³-hybridized carbons (Fsp3) is 0.833. The van der Waals surface area contributed by atoms with Crippen molar-refractivity contribution in [2.24, 2.45) is 5.41 Å². The lowest BCUT2D eigenvalue weighted by Gasteiger charge is -2.11. The Morgan fingerprint density at radius 2 is 2.32 bits per heavy atom. The molecule has 1 fully saturated rings. The number of carbonyl (C=O) groups is 1. The first-order valence-electron chi connectivity index (χ1n) is 6.70. The molecule has 0 radical (unpaired) electrons. The quantitative estimate of drug-likeness (QED) is 0.746. The Labute approximate surface area is 117 Å². The summed E-state index contributed by atoms with van der Waals surface area (Å²) in [5.41, 5.74) is 0.0399. The van der Waals surface area contributed by atoms with Gasteiger partial charge in [-0.3, -0.25) is 4.79 Å². The van der Waals surface area contributed by atoms with Gasteiger partial charge in [0.15, 0.2) is 5.82 Å². The molecule has 0 aliphatic heterocycles. The average Bonchev–Trinajstić information content (AvgIpc) is 2.96. The van der Waals surface area contributed by atoms with Crippen molar-refractivity contribution in [2.75, 3.05) is 5.75 Å². The Morgan fingerprint density at radius 1 is 1.53 bits per heavy atom. The molecule has 1 N–H and O–H groups in total. The number of nitrogens with zero attached hydrogens (tertiary/aromatic N) is 4. The molecule has 0 spiro atoms. The molecule has 1 aromatic heterocycles. The van der Waals surface area contributed by atoms with E-state index in [0.717, 1.165) is 49.6 Å². The average molecular weight is 284 g/mol. The van der Waals surface area contributed by atoms with Gasteiger partial charge in [0.05, 0.1) is 12.2 Å². The van der Waals surface area contributed by atoms with Gasteiger partial charge in [-0.2, -0.15) is 11.8 Å². The van der Waals surface area contributed by atoms with Crippen LogP contribution in [0.4, 0.5) is 0 Å². The van der Waals surface area contributed by atoms with E-state index in [-0.39, 0.29) is 5.41 Å². The summed E-state index contributed by atoms with van der Waals surface area (Å²) in [6, 6.07) is 0. The van der Waals surface area contributed by atoms with Crippen molar-refractivity contribution < 1.29 is 9.90 Å². The second-order valence-electron chi connectivity index (χ2n) is 5.24. The first-order chi connectivity index (χ1) is 9.15. The fourth-order valence-electron chi connectivity index (χ4n) is 2.04. The zero-order valence-corrected chi connectivity index (χ0v) is 12.0. The fourth-order valence-corrected chi connectivity index (χ4v) is 3.35. The minimum atomic E-state index is -0.689. The van der Waals surface area contributed by atoms with Crippen LogP contribution in [-0.4, -0.2) is 37.0 Å². The monoisotopic (exact) mass is 284 g/mol. The Bertz CT molecular complexity index is 431. The van der Waals surface area contributed by atoms with E-state index < -0.39 is 5.97 Å². The van der Waals surface area contributed by atoms with Crippen LogP contribution in [0.5, 0.6) is 0 Å². The smallest absolute Gasteiger partial charge is 0.303 e. The summed E-state index contributed by atoms with van der Waals surface area (Å²) in [7, 11) is 0. The lowest BCUT2D eigenvalue weighted by molar-refractivity contribution is -0.138. The normalized spacial score (nSPS) is 16.5. The van der Waals surface area contributed by atoms with E-state index in [9.17, 15) is 4.79 Å². The number of aromatic nitrogens is 4. The molecule has 1 aromatic rings. The van der Waals surface area contributed by atoms with Gasteiger partial charge in [-0.05, 0) is 40.9 Å². The number of carboxylic acids is 1. The highest BCUT2D eigenvalue weighted by atomic mass is 32.2. The number of tetrazole rings is 1. The van der Waals surface area contributed by atoms with E-state index in [2.05, 4.69) is 22.4 Å². The molecule has 1 saturated carbocycles. The predicted octanol–water partition coefficient (Wildman–Crippen LogP) is 1.96. The number of carboxylic acid groups (broad SMARTS) is 1. The summed E-state index contributed by atoms with van der Waals surface area (Å²) in [6.45, 7) is 3.00. The van der Waals surface area contributed by atoms with Gasteiger partial charge in [0.25, 0.3) is 0 Å². The summed E-state index contributed by atoms with van der Waals surface area (Å²) < 4.78 is 1.85. The third-order valence-electron chi connectivity index (χ3n) is 3.45. The van der Waals surface area contributed by atoms with E-state index in [4.69, 9.17) is 5.11 Å². The van der Waals surface area contributed by atoms with E-state index >= 15 is 0 Å². The molecule has 0 saturated heterocycles. The van der Waals surface area contributed by atoms with Crippen LogP contribution in [0, 0.1) is 5.41 Å². The second-order valence-corrected chi connectivity index (χ2v) is 6.22. The Hall–Kier alpha value is -1.11. The number of thioether (sulfide) groups is 1. The SMILES string of the molecule is CCCCn1nnnc1CSCC1(CC(=O)O)CC1. The van der Waals surface area contributed by atoms with Gasteiger partial charge in [0.2, 0.25) is 0 Å². The summed E-state index contributed by atoms with van der Waals surface area (Å²) >= 11 is 1.74. The number of aryl methyl sites for hydroxylation is 1. The number of hydrogen-bond donors (Lipinski definition) is 1. The van der Waals surface area contributed by atoms with Crippen LogP contribution in [0.1, 0.15) is 44.9 Å². The van der Waals surface area contributed by atoms with Crippen molar-refractivity contribution in [1.29, 1.82) is 0 Å². The summed E-state index contributed by atoms with van der Waals surface area (Å²) in [6.07, 6.45) is 4.56. The molecule has 1 heterocycles. The van der Waals surface area contributed by atoms with Crippen molar-refractivity contribution in [3.63, 3.8) is 0 Å². The molecule has 6 nitrogen and oxygen atoms in total. The Kier molecular flexibility index (Phi) is 4.79. The minimum Gasteiger partial charge on any atom is -0.481 e. The molecule has 0 amide bonds. The largest absolute Gasteiger partial charge is 0.481 e. The zero-order chi connectivity index (χ0) is 13.7. The van der Waals surface area contributed by atoms with Gasteiger partial charge in [0.1, 0.15) is 0 Å². The van der Waals surface area contributed by atoms with Gasteiger partial charge < -0.3 is 5.11 Å². The number of unbranched alkanes of at least 4 members (excludes halogenated alkanes) is 1. The van der Waals surface area contributed by atoms with Crippen molar-refractivity contribution in [3.05, 3.63) is 5.82 Å². The van der Waals surface area contributed by atoms with Crippen LogP contribution in [-0.2, 0) is 17.1 Å². The summed E-state index contributed by atoms with van der Waals surface area (Å²) in [4.78, 5) is 10.8. The van der Waals surface area contributed by atoms with Crippen molar-refractivity contribution in [3.8, 4) is 0 Å². The van der Waals surface area contributed by atoms with Gasteiger partial charge >= 0.3 is 5.97 Å². The Balaban J connectivity index is 1.76. The van der Waals surface area contributed by atoms with Crippen LogP contribution in [0.3, 0.4) is 0 Å². The molecule has 106 valence electrons. The summed E-state index contributed by atoms with van der Waals surface area (Å²) in [5.74, 6) is 1.85. The van der Waals surface area contributed by atoms with Crippen molar-refractivity contribution in [1.82, 2.24) is 20.2 Å². The zero-order valence-electron chi connectivity index (χ0n) is 11.2. The highest BCUT2D eigenvalue weighted by Crippen LogP contribution is 2.51. The minimum absolute atomic E-state index is 0.0399. The lowest BCUT2D eigenvalue weighted by Crippen LogP contribution is -2.12. The standard InChI is InChI=1S/C12H20N4O2S/c1-2-3-6-16-10(13-14-15-16)8-19-9-12(4-5-12)7-11(17)18/h2-9H2,1H3,(H,17,18). The van der Waals surface area contributed by atoms with Crippen molar-refractivity contribution in [2.45, 2.75) is 51.3 Å². The molecule has 0 unspecified atom stereocenters. The third kappa shape index (κ3) is 4.19. The van der Waals surface area contributed by atoms with Crippen LogP contribution >= 0.6 is 11.8 Å². The van der Waals surface area contributed by atoms with E-state index in [1.807, 2.05) is 4.68 Å². The van der Waals surface area contributed by atoms with E-state index in [1.54, 1.807) is 11.8 Å². The first kappa shape index (κ1) is 14.3. The molecule has 0 aromatic carbocycles. The van der Waals surface area contributed by atoms with Crippen LogP contribution < -0.4 is 0 Å². The molecule has 7 heteroatoms. The maximum absolute atomic E-state index is 10.8. The van der Waals surface area contributed by atoms with E-state index in [1.165, 1.54) is 0 Å². The molecule has 19 heavy (non-hydrogen) atoms. The van der Waals surface area contributed by atoms with Gasteiger partial charge in [0, 0.05) is 6.54 Å². The lowest BCUT2D eigenvalue weighted by atomic mass is 10.1. The van der Waals surface area contributed by atoms with Gasteiger partial charge in [-0.25, -0.2) is 4.68 Å². The molecule has 1 aliphatic carbocycles. The number of aliphatic carboxylic acids is 1. The van der Waals surface area contributed by atoms with Gasteiger partial charge in [-0.1, -0.05) is 13.3 Å². The third-order valence-corrected chi connectivity index (χ3v) is 4.73. The van der Waals surface area contributed by atoms with Crippen LogP contribution in [0.25, 0.3) is 0 Å². The molecule has 1 aliphatic rings. The maximum atomic E-state index is 10.8. The molecule has 0 atom stereocenters. The van der Waals surface area contributed by atoms with Crippen molar-refractivity contribution >= 4 is 17.7 Å². The van der Waals surface area contributed by atoms with Gasteiger partial charge in [-0.15, -0.1) is 5.10 Å². The molecule has 0 bridgehead atoms. The topological polar surface area (TPSA) is 80.9 Å². The molecular weight excluding hydrogens is 264 g/mol. The summed E-state index contributed by atoms with van der Waals surface area (Å²) in [5, 5.41) is 20.6. The highest BCUT2D eigenvalue weighted by Gasteiger charge is 2.44. The number of rotatable bonds is 9.